The van der Waals surface area contributed by atoms with E-state index in [1.165, 1.54) is 27.4 Å². The molecule has 4 heteroatoms. The molecule has 7 aromatic rings. The number of hydrogen-bond donors (Lipinski definition) is 0. The monoisotopic (exact) mass is 490 g/mol. The Kier molecular flexibility index (Phi) is 5.37. The molecular weight excluding hydrogens is 464 g/mol. The van der Waals surface area contributed by atoms with E-state index in [2.05, 4.69) is 90.4 Å². The van der Waals surface area contributed by atoms with E-state index in [4.69, 9.17) is 10.1 Å². The van der Waals surface area contributed by atoms with E-state index in [-0.39, 0.29) is 0 Å². The predicted octanol–water partition coefficient (Wildman–Crippen LogP) is 8.26. The normalized spacial score (nSPS) is 11.4. The SMILES string of the molecule is CCc1ccc2c(c1)c1ccccc1n2-c1ccc(-n2nc(-c3ccccc3)nc2-c2ccccc2)cc1. The maximum absolute atomic E-state index is 4.94. The molecule has 7 rings (SSSR count). The van der Waals surface area contributed by atoms with E-state index < -0.39 is 0 Å². The van der Waals surface area contributed by atoms with Crippen molar-refractivity contribution in [2.24, 2.45) is 0 Å². The van der Waals surface area contributed by atoms with Crippen LogP contribution in [0.4, 0.5) is 0 Å². The molecule has 2 aromatic heterocycles. The summed E-state index contributed by atoms with van der Waals surface area (Å²) in [5.41, 5.74) is 7.89. The summed E-state index contributed by atoms with van der Waals surface area (Å²) in [6.45, 7) is 2.20. The quantitative estimate of drug-likeness (QED) is 0.243. The summed E-state index contributed by atoms with van der Waals surface area (Å²) >= 11 is 0. The van der Waals surface area contributed by atoms with E-state index in [9.17, 15) is 0 Å². The Balaban J connectivity index is 1.37. The summed E-state index contributed by atoms with van der Waals surface area (Å²) in [5.74, 6) is 1.53. The van der Waals surface area contributed by atoms with Gasteiger partial charge in [0.1, 0.15) is 0 Å². The molecule has 0 bridgehead atoms. The fourth-order valence-electron chi connectivity index (χ4n) is 5.24. The Bertz CT molecular complexity index is 1880. The van der Waals surface area contributed by atoms with Crippen molar-refractivity contribution >= 4 is 21.8 Å². The minimum Gasteiger partial charge on any atom is -0.309 e. The molecule has 0 atom stereocenters. The first-order valence-corrected chi connectivity index (χ1v) is 13.0. The zero-order valence-electron chi connectivity index (χ0n) is 21.1. The highest BCUT2D eigenvalue weighted by Crippen LogP contribution is 2.33. The molecule has 38 heavy (non-hydrogen) atoms. The van der Waals surface area contributed by atoms with Gasteiger partial charge < -0.3 is 4.57 Å². The second-order valence-corrected chi connectivity index (χ2v) is 9.48. The lowest BCUT2D eigenvalue weighted by Gasteiger charge is -2.10. The van der Waals surface area contributed by atoms with Crippen molar-refractivity contribution in [1.29, 1.82) is 0 Å². The summed E-state index contributed by atoms with van der Waals surface area (Å²) in [4.78, 5) is 4.94. The summed E-state index contributed by atoms with van der Waals surface area (Å²) in [5, 5.41) is 7.50. The van der Waals surface area contributed by atoms with Crippen LogP contribution in [0.2, 0.25) is 0 Å². The van der Waals surface area contributed by atoms with Gasteiger partial charge in [0.05, 0.1) is 16.7 Å². The van der Waals surface area contributed by atoms with Crippen molar-refractivity contribution in [2.45, 2.75) is 13.3 Å². The first-order chi connectivity index (χ1) is 18.8. The van der Waals surface area contributed by atoms with Gasteiger partial charge in [0.2, 0.25) is 0 Å². The molecule has 0 N–H and O–H groups in total. The smallest absolute Gasteiger partial charge is 0.182 e. The lowest BCUT2D eigenvalue weighted by atomic mass is 10.1. The molecule has 182 valence electrons. The Labute approximate surface area is 221 Å². The third-order valence-electron chi connectivity index (χ3n) is 7.17. The maximum atomic E-state index is 4.94. The van der Waals surface area contributed by atoms with E-state index in [1.807, 2.05) is 53.2 Å². The summed E-state index contributed by atoms with van der Waals surface area (Å²) < 4.78 is 4.30. The lowest BCUT2D eigenvalue weighted by molar-refractivity contribution is 0.889. The van der Waals surface area contributed by atoms with Crippen LogP contribution < -0.4 is 0 Å². The van der Waals surface area contributed by atoms with Gasteiger partial charge in [0.25, 0.3) is 0 Å². The van der Waals surface area contributed by atoms with E-state index >= 15 is 0 Å². The number of nitrogens with zero attached hydrogens (tertiary/aromatic N) is 4. The molecule has 0 unspecified atom stereocenters. The largest absolute Gasteiger partial charge is 0.309 e. The number of benzene rings is 5. The highest BCUT2D eigenvalue weighted by Gasteiger charge is 2.16. The van der Waals surface area contributed by atoms with Gasteiger partial charge in [-0.2, -0.15) is 0 Å². The van der Waals surface area contributed by atoms with Crippen LogP contribution >= 0.6 is 0 Å². The van der Waals surface area contributed by atoms with Gasteiger partial charge in [-0.3, -0.25) is 0 Å². The molecule has 0 saturated heterocycles. The van der Waals surface area contributed by atoms with Crippen molar-refractivity contribution in [1.82, 2.24) is 19.3 Å². The Morgan fingerprint density at radius 1 is 0.579 bits per heavy atom. The van der Waals surface area contributed by atoms with Crippen LogP contribution in [0.1, 0.15) is 12.5 Å². The molecule has 0 aliphatic carbocycles. The lowest BCUT2D eigenvalue weighted by Crippen LogP contribution is -2.01. The average Bonchev–Trinajstić information content (AvgIpc) is 3.58. The topological polar surface area (TPSA) is 35.6 Å². The molecular formula is C34H26N4. The number of para-hydroxylation sites is 1. The van der Waals surface area contributed by atoms with Crippen molar-refractivity contribution in [3.63, 3.8) is 0 Å². The standard InChI is InChI=1S/C34H26N4/c1-2-24-17-22-32-30(23-24)29-15-9-10-16-31(29)37(32)27-18-20-28(21-19-27)38-34(26-13-7-4-8-14-26)35-33(36-38)25-11-5-3-6-12-25/h3-23H,2H2,1H3. The van der Waals surface area contributed by atoms with E-state index in [0.29, 0.717) is 5.82 Å². The van der Waals surface area contributed by atoms with Gasteiger partial charge in [0.15, 0.2) is 11.6 Å². The summed E-state index contributed by atoms with van der Waals surface area (Å²) in [6, 6.07) is 44.4. The number of rotatable bonds is 5. The third-order valence-corrected chi connectivity index (χ3v) is 7.17. The highest BCUT2D eigenvalue weighted by molar-refractivity contribution is 6.09. The maximum Gasteiger partial charge on any atom is 0.182 e. The molecule has 0 saturated carbocycles. The second kappa shape index (κ2) is 9.16. The second-order valence-electron chi connectivity index (χ2n) is 9.48. The fraction of sp³-hybridized carbons (Fsp3) is 0.0588. The van der Waals surface area contributed by atoms with Gasteiger partial charge in [-0.1, -0.05) is 91.9 Å². The van der Waals surface area contributed by atoms with Crippen LogP contribution in [0.5, 0.6) is 0 Å². The van der Waals surface area contributed by atoms with E-state index in [0.717, 1.165) is 34.7 Å². The Morgan fingerprint density at radius 2 is 1.21 bits per heavy atom. The van der Waals surface area contributed by atoms with Crippen molar-refractivity contribution < 1.29 is 0 Å². The van der Waals surface area contributed by atoms with Gasteiger partial charge >= 0.3 is 0 Å². The first-order valence-electron chi connectivity index (χ1n) is 13.0. The van der Waals surface area contributed by atoms with E-state index in [1.54, 1.807) is 0 Å². The molecule has 5 aromatic carbocycles. The minimum atomic E-state index is 0.711. The van der Waals surface area contributed by atoms with Crippen LogP contribution in [0, 0.1) is 0 Å². The number of aryl methyl sites for hydroxylation is 1. The van der Waals surface area contributed by atoms with Crippen LogP contribution in [0.25, 0.3) is 56.0 Å². The zero-order valence-corrected chi connectivity index (χ0v) is 21.1. The first kappa shape index (κ1) is 22.3. The molecule has 0 radical (unpaired) electrons. The molecule has 4 nitrogen and oxygen atoms in total. The number of fused-ring (bicyclic) bond motifs is 3. The van der Waals surface area contributed by atoms with Crippen molar-refractivity contribution in [3.8, 4) is 34.2 Å². The van der Waals surface area contributed by atoms with Gasteiger partial charge in [0, 0.05) is 27.6 Å². The van der Waals surface area contributed by atoms with Crippen LogP contribution in [0.15, 0.2) is 127 Å². The Hall–Kier alpha value is -4.96. The summed E-state index contributed by atoms with van der Waals surface area (Å²) in [6.07, 6.45) is 1.02. The predicted molar refractivity (Wildman–Crippen MR) is 156 cm³/mol. The van der Waals surface area contributed by atoms with Crippen LogP contribution in [-0.4, -0.2) is 19.3 Å². The highest BCUT2D eigenvalue weighted by atomic mass is 15.4. The van der Waals surface area contributed by atoms with Crippen LogP contribution in [0.3, 0.4) is 0 Å². The molecule has 2 heterocycles. The van der Waals surface area contributed by atoms with Gasteiger partial charge in [-0.25, -0.2) is 9.67 Å². The fourth-order valence-corrected chi connectivity index (χ4v) is 5.24. The molecule has 0 fully saturated rings. The minimum absolute atomic E-state index is 0.711. The number of aromatic nitrogens is 4. The molecule has 0 amide bonds. The third kappa shape index (κ3) is 3.70. The van der Waals surface area contributed by atoms with Crippen molar-refractivity contribution in [2.75, 3.05) is 0 Å². The Morgan fingerprint density at radius 3 is 1.95 bits per heavy atom. The van der Waals surface area contributed by atoms with Gasteiger partial charge in [-0.05, 0) is 54.4 Å². The molecule has 0 aliphatic heterocycles. The van der Waals surface area contributed by atoms with Crippen molar-refractivity contribution in [3.05, 3.63) is 133 Å². The molecule has 0 aliphatic rings. The number of hydrogen-bond acceptors (Lipinski definition) is 2. The van der Waals surface area contributed by atoms with Crippen LogP contribution in [-0.2, 0) is 6.42 Å². The molecule has 0 spiro atoms. The average molecular weight is 491 g/mol. The zero-order chi connectivity index (χ0) is 25.5. The van der Waals surface area contributed by atoms with Gasteiger partial charge in [-0.15, -0.1) is 5.10 Å². The summed E-state index contributed by atoms with van der Waals surface area (Å²) in [7, 11) is 0.